The molecule has 4 heterocycles. The van der Waals surface area contributed by atoms with Crippen LogP contribution < -0.4 is 0 Å². The first-order chi connectivity index (χ1) is 30.7. The SMILES string of the molecule is [2H]c1cc([2H])c2c(c1[2H])c1c([2H])c([2H])cc([2H])c1n2-c1cc(-c2cccc3c2oc2ccccc23)ccc1-c1nc(-c2ccccc2)nc(-c2ccc3sc4ccccc4c3c2)n1. The van der Waals surface area contributed by atoms with Gasteiger partial charge in [-0.25, -0.2) is 15.0 Å². The normalized spacial score (nSPS) is 13.3. The fourth-order valence-corrected chi connectivity index (χ4v) is 9.10. The fourth-order valence-electron chi connectivity index (χ4n) is 8.01. The summed E-state index contributed by atoms with van der Waals surface area (Å²) in [6.45, 7) is 0. The van der Waals surface area contributed by atoms with E-state index in [0.29, 0.717) is 34.3 Å². The smallest absolute Gasteiger partial charge is 0.166 e. The number of hydrogen-bond acceptors (Lipinski definition) is 5. The van der Waals surface area contributed by atoms with Crippen molar-refractivity contribution in [3.63, 3.8) is 0 Å². The van der Waals surface area contributed by atoms with E-state index in [4.69, 9.17) is 24.9 Å². The van der Waals surface area contributed by atoms with E-state index in [0.717, 1.165) is 54.1 Å². The molecule has 4 aromatic heterocycles. The van der Waals surface area contributed by atoms with Crippen molar-refractivity contribution in [1.29, 1.82) is 0 Å². The van der Waals surface area contributed by atoms with Crippen molar-refractivity contribution in [3.05, 3.63) is 182 Å². The topological polar surface area (TPSA) is 56.7 Å². The van der Waals surface area contributed by atoms with E-state index >= 15 is 0 Å². The standard InChI is InChI=1S/C51H30N4OS/c1-2-13-31(14-3-1)49-52-50(33-26-28-47-41(29-33)38-18-7-11-24-46(38)57-47)54-51(53-49)40-27-25-32(34-19-12-20-39-37-17-6-10-23-45(37)56-48(34)39)30-44(40)55-42-21-8-4-15-35(42)36-16-5-9-22-43(36)55/h1-30H/i4D,5D,15D,16D,21D,22D. The second-order valence-electron chi connectivity index (χ2n) is 13.9. The van der Waals surface area contributed by atoms with E-state index in [1.165, 1.54) is 16.8 Å². The number of aromatic nitrogens is 4. The summed E-state index contributed by atoms with van der Waals surface area (Å²) >= 11 is 1.73. The van der Waals surface area contributed by atoms with Crippen LogP contribution in [-0.2, 0) is 0 Å². The molecule has 0 aliphatic rings. The molecule has 8 aromatic carbocycles. The average Bonchev–Trinajstić information content (AvgIpc) is 4.00. The maximum Gasteiger partial charge on any atom is 0.166 e. The summed E-state index contributed by atoms with van der Waals surface area (Å²) in [5, 5.41) is 4.48. The third-order valence-corrected chi connectivity index (χ3v) is 11.8. The van der Waals surface area contributed by atoms with Crippen molar-refractivity contribution in [2.75, 3.05) is 0 Å². The molecule has 0 aliphatic carbocycles. The van der Waals surface area contributed by atoms with Crippen LogP contribution in [0.5, 0.6) is 0 Å². The lowest BCUT2D eigenvalue weighted by Crippen LogP contribution is -2.04. The molecule has 0 N–H and O–H groups in total. The van der Waals surface area contributed by atoms with Crippen LogP contribution in [0.2, 0.25) is 0 Å². The van der Waals surface area contributed by atoms with Crippen LogP contribution in [0.15, 0.2) is 186 Å². The predicted molar refractivity (Wildman–Crippen MR) is 236 cm³/mol. The minimum absolute atomic E-state index is 0.0686. The molecule has 0 saturated heterocycles. The maximum atomic E-state index is 9.34. The van der Waals surface area contributed by atoms with Gasteiger partial charge in [0.2, 0.25) is 0 Å². The molecule has 6 heteroatoms. The Morgan fingerprint density at radius 1 is 0.456 bits per heavy atom. The molecule has 0 aliphatic heterocycles. The molecule has 0 saturated carbocycles. The lowest BCUT2D eigenvalue weighted by molar-refractivity contribution is 0.670. The van der Waals surface area contributed by atoms with E-state index in [2.05, 4.69) is 24.3 Å². The molecule has 0 spiro atoms. The Bertz CT molecular complexity index is 3830. The van der Waals surface area contributed by atoms with Crippen LogP contribution in [0.1, 0.15) is 8.22 Å². The van der Waals surface area contributed by atoms with E-state index < -0.39 is 0 Å². The Hall–Kier alpha value is -7.41. The van der Waals surface area contributed by atoms with Crippen molar-refractivity contribution in [3.8, 4) is 51.0 Å². The summed E-state index contributed by atoms with van der Waals surface area (Å²) in [6.07, 6.45) is 0. The number of fused-ring (bicyclic) bond motifs is 9. The van der Waals surface area contributed by atoms with Crippen molar-refractivity contribution in [2.45, 2.75) is 0 Å². The van der Waals surface area contributed by atoms with Crippen LogP contribution in [0.25, 0.3) is 115 Å². The van der Waals surface area contributed by atoms with Crippen LogP contribution in [0.4, 0.5) is 0 Å². The summed E-state index contributed by atoms with van der Waals surface area (Å²) in [7, 11) is 0. The Labute approximate surface area is 339 Å². The molecular formula is C51H30N4OS. The van der Waals surface area contributed by atoms with Gasteiger partial charge >= 0.3 is 0 Å². The van der Waals surface area contributed by atoms with Crippen LogP contribution in [-0.4, -0.2) is 19.5 Å². The van der Waals surface area contributed by atoms with Gasteiger partial charge in [0.05, 0.1) is 24.9 Å². The minimum atomic E-state index is -0.196. The van der Waals surface area contributed by atoms with Crippen LogP contribution in [0.3, 0.4) is 0 Å². The molecule has 0 atom stereocenters. The second-order valence-corrected chi connectivity index (χ2v) is 15.0. The van der Waals surface area contributed by atoms with Crippen LogP contribution >= 0.6 is 11.3 Å². The van der Waals surface area contributed by atoms with Gasteiger partial charge in [-0.2, -0.15) is 0 Å². The summed E-state index contributed by atoms with van der Waals surface area (Å²) in [5.41, 5.74) is 6.02. The monoisotopic (exact) mass is 752 g/mol. The molecular weight excluding hydrogens is 717 g/mol. The highest BCUT2D eigenvalue weighted by atomic mass is 32.1. The van der Waals surface area contributed by atoms with E-state index in [1.807, 2.05) is 109 Å². The summed E-state index contributed by atoms with van der Waals surface area (Å²) in [4.78, 5) is 15.4. The minimum Gasteiger partial charge on any atom is -0.455 e. The lowest BCUT2D eigenvalue weighted by atomic mass is 9.99. The van der Waals surface area contributed by atoms with Gasteiger partial charge in [0.15, 0.2) is 17.5 Å². The van der Waals surface area contributed by atoms with Gasteiger partial charge in [0, 0.05) is 64.0 Å². The molecule has 0 bridgehead atoms. The Morgan fingerprint density at radius 2 is 1.12 bits per heavy atom. The zero-order chi connectivity index (χ0) is 42.7. The van der Waals surface area contributed by atoms with E-state index in [9.17, 15) is 2.74 Å². The highest BCUT2D eigenvalue weighted by molar-refractivity contribution is 7.25. The zero-order valence-corrected chi connectivity index (χ0v) is 30.8. The highest BCUT2D eigenvalue weighted by Crippen LogP contribution is 2.42. The molecule has 0 fully saturated rings. The lowest BCUT2D eigenvalue weighted by Gasteiger charge is -2.16. The van der Waals surface area contributed by atoms with Crippen molar-refractivity contribution >= 4 is 75.3 Å². The summed E-state index contributed by atoms with van der Waals surface area (Å²) in [5.74, 6) is 1.21. The van der Waals surface area contributed by atoms with Gasteiger partial charge in [-0.1, -0.05) is 127 Å². The summed E-state index contributed by atoms with van der Waals surface area (Å²) < 4.78 is 64.8. The second kappa shape index (κ2) is 12.6. The zero-order valence-electron chi connectivity index (χ0n) is 36.0. The van der Waals surface area contributed by atoms with Gasteiger partial charge in [-0.15, -0.1) is 11.3 Å². The molecule has 5 nitrogen and oxygen atoms in total. The highest BCUT2D eigenvalue weighted by Gasteiger charge is 2.22. The van der Waals surface area contributed by atoms with Crippen molar-refractivity contribution in [2.24, 2.45) is 0 Å². The molecule has 12 rings (SSSR count). The first-order valence-corrected chi connectivity index (χ1v) is 19.3. The van der Waals surface area contributed by atoms with E-state index in [1.54, 1.807) is 15.9 Å². The molecule has 0 radical (unpaired) electrons. The number of rotatable bonds is 5. The summed E-state index contributed by atoms with van der Waals surface area (Å²) in [6, 6.07) is 45.7. The largest absolute Gasteiger partial charge is 0.455 e. The van der Waals surface area contributed by atoms with Crippen molar-refractivity contribution in [1.82, 2.24) is 19.5 Å². The van der Waals surface area contributed by atoms with Gasteiger partial charge < -0.3 is 8.98 Å². The van der Waals surface area contributed by atoms with Crippen molar-refractivity contribution < 1.29 is 12.6 Å². The third kappa shape index (κ3) is 5.04. The first-order valence-electron chi connectivity index (χ1n) is 21.5. The number of para-hydroxylation sites is 4. The number of furan rings is 1. The quantitative estimate of drug-likeness (QED) is 0.176. The van der Waals surface area contributed by atoms with Gasteiger partial charge in [0.1, 0.15) is 11.2 Å². The van der Waals surface area contributed by atoms with Crippen LogP contribution in [0, 0.1) is 0 Å². The average molecular weight is 753 g/mol. The van der Waals surface area contributed by atoms with Gasteiger partial charge in [-0.3, -0.25) is 0 Å². The number of thiophene rings is 1. The first kappa shape index (κ1) is 26.4. The number of benzene rings is 8. The molecule has 0 amide bonds. The Balaban J connectivity index is 1.20. The molecule has 12 aromatic rings. The Morgan fingerprint density at radius 3 is 1.95 bits per heavy atom. The number of nitrogens with zero attached hydrogens (tertiary/aromatic N) is 4. The predicted octanol–water partition coefficient (Wildman–Crippen LogP) is 13.9. The van der Waals surface area contributed by atoms with E-state index in [-0.39, 0.29) is 58.1 Å². The molecule has 0 unspecified atom stereocenters. The third-order valence-electron chi connectivity index (χ3n) is 10.6. The van der Waals surface area contributed by atoms with Gasteiger partial charge in [-0.05, 0) is 60.1 Å². The molecule has 57 heavy (non-hydrogen) atoms. The molecule has 266 valence electrons. The van der Waals surface area contributed by atoms with Gasteiger partial charge in [0.25, 0.3) is 0 Å². The fraction of sp³-hybridized carbons (Fsp3) is 0. The Kier molecular flexibility index (Phi) is 5.82. The number of hydrogen-bond donors (Lipinski definition) is 0. The maximum absolute atomic E-state index is 9.34.